The van der Waals surface area contributed by atoms with Gasteiger partial charge < -0.3 is 16.8 Å². The molecule has 4 unspecified atom stereocenters. The first kappa shape index (κ1) is 15.0. The van der Waals surface area contributed by atoms with Gasteiger partial charge in [0.1, 0.15) is 6.04 Å². The highest BCUT2D eigenvalue weighted by Gasteiger charge is 2.33. The molecule has 0 heterocycles. The van der Waals surface area contributed by atoms with Crippen LogP contribution in [0.15, 0.2) is 0 Å². The smallest absolute Gasteiger partial charge is 0.240 e. The maximum Gasteiger partial charge on any atom is 0.240 e. The Bertz CT molecular complexity index is 317. The molecule has 2 amide bonds. The van der Waals surface area contributed by atoms with Crippen molar-refractivity contribution < 1.29 is 9.59 Å². The summed E-state index contributed by atoms with van der Waals surface area (Å²) in [4.78, 5) is 23.5. The van der Waals surface area contributed by atoms with Crippen LogP contribution in [-0.4, -0.2) is 23.9 Å². The summed E-state index contributed by atoms with van der Waals surface area (Å²) < 4.78 is 0. The highest BCUT2D eigenvalue weighted by Crippen LogP contribution is 2.29. The van der Waals surface area contributed by atoms with Crippen molar-refractivity contribution in [2.45, 2.75) is 52.1 Å². The van der Waals surface area contributed by atoms with E-state index < -0.39 is 11.9 Å². The van der Waals surface area contributed by atoms with Crippen LogP contribution in [0.4, 0.5) is 0 Å². The third-order valence-electron chi connectivity index (χ3n) is 3.82. The van der Waals surface area contributed by atoms with Crippen molar-refractivity contribution in [1.29, 1.82) is 0 Å². The van der Waals surface area contributed by atoms with Gasteiger partial charge in [-0.2, -0.15) is 0 Å². The quantitative estimate of drug-likeness (QED) is 0.677. The Labute approximate surface area is 109 Å². The zero-order valence-electron chi connectivity index (χ0n) is 11.5. The molecule has 0 aromatic heterocycles. The van der Waals surface area contributed by atoms with Crippen molar-refractivity contribution in [2.75, 3.05) is 0 Å². The lowest BCUT2D eigenvalue weighted by atomic mass is 9.77. The summed E-state index contributed by atoms with van der Waals surface area (Å²) in [5.74, 6) is -0.321. The van der Waals surface area contributed by atoms with Gasteiger partial charge >= 0.3 is 0 Å². The number of hydrogen-bond acceptors (Lipinski definition) is 3. The van der Waals surface area contributed by atoms with E-state index >= 15 is 0 Å². The van der Waals surface area contributed by atoms with Gasteiger partial charge in [0.05, 0.1) is 0 Å². The fourth-order valence-corrected chi connectivity index (χ4v) is 2.65. The SMILES string of the molecule is CC(C)C(NC(=O)C1CCC(N)CC1C)C(N)=O. The van der Waals surface area contributed by atoms with Gasteiger partial charge in [-0.05, 0) is 31.1 Å². The highest BCUT2D eigenvalue weighted by molar-refractivity contribution is 5.87. The summed E-state index contributed by atoms with van der Waals surface area (Å²) in [5, 5.41) is 2.78. The molecule has 0 bridgehead atoms. The van der Waals surface area contributed by atoms with Crippen LogP contribution < -0.4 is 16.8 Å². The Morgan fingerprint density at radius 1 is 1.28 bits per heavy atom. The summed E-state index contributed by atoms with van der Waals surface area (Å²) in [6.07, 6.45) is 2.52. The van der Waals surface area contributed by atoms with Gasteiger partial charge in [-0.25, -0.2) is 0 Å². The predicted molar refractivity (Wildman–Crippen MR) is 70.4 cm³/mol. The van der Waals surface area contributed by atoms with E-state index in [2.05, 4.69) is 5.32 Å². The van der Waals surface area contributed by atoms with Crippen LogP contribution in [0.5, 0.6) is 0 Å². The molecule has 1 aliphatic rings. The number of rotatable bonds is 4. The van der Waals surface area contributed by atoms with Gasteiger partial charge in [0.2, 0.25) is 11.8 Å². The monoisotopic (exact) mass is 255 g/mol. The first-order chi connectivity index (χ1) is 8.32. The van der Waals surface area contributed by atoms with E-state index in [9.17, 15) is 9.59 Å². The minimum atomic E-state index is -0.583. The molecule has 5 N–H and O–H groups in total. The number of nitrogens with one attached hydrogen (secondary N) is 1. The molecule has 1 rings (SSSR count). The summed E-state index contributed by atoms with van der Waals surface area (Å²) in [5.41, 5.74) is 11.2. The fraction of sp³-hybridized carbons (Fsp3) is 0.846. The second-order valence-corrected chi connectivity index (χ2v) is 5.79. The van der Waals surface area contributed by atoms with Crippen LogP contribution in [0.2, 0.25) is 0 Å². The first-order valence-electron chi connectivity index (χ1n) is 6.68. The Morgan fingerprint density at radius 2 is 1.89 bits per heavy atom. The molecule has 1 fully saturated rings. The molecular weight excluding hydrogens is 230 g/mol. The first-order valence-corrected chi connectivity index (χ1v) is 6.68. The maximum absolute atomic E-state index is 12.2. The molecule has 4 atom stereocenters. The molecule has 104 valence electrons. The Balaban J connectivity index is 2.61. The van der Waals surface area contributed by atoms with E-state index in [4.69, 9.17) is 11.5 Å². The van der Waals surface area contributed by atoms with Crippen LogP contribution in [0.25, 0.3) is 0 Å². The van der Waals surface area contributed by atoms with Crippen LogP contribution in [-0.2, 0) is 9.59 Å². The number of carbonyl (C=O) groups excluding carboxylic acids is 2. The zero-order chi connectivity index (χ0) is 13.9. The lowest BCUT2D eigenvalue weighted by Gasteiger charge is -2.32. The van der Waals surface area contributed by atoms with Crippen molar-refractivity contribution in [3.63, 3.8) is 0 Å². The normalized spacial score (nSPS) is 29.9. The number of nitrogens with two attached hydrogens (primary N) is 2. The lowest BCUT2D eigenvalue weighted by Crippen LogP contribution is -2.51. The van der Waals surface area contributed by atoms with Crippen LogP contribution in [0.1, 0.15) is 40.0 Å². The van der Waals surface area contributed by atoms with E-state index in [1.54, 1.807) is 0 Å². The molecule has 18 heavy (non-hydrogen) atoms. The molecule has 0 saturated heterocycles. The van der Waals surface area contributed by atoms with E-state index in [-0.39, 0.29) is 29.7 Å². The third-order valence-corrected chi connectivity index (χ3v) is 3.82. The van der Waals surface area contributed by atoms with Gasteiger partial charge in [-0.1, -0.05) is 20.8 Å². The number of primary amides is 1. The topological polar surface area (TPSA) is 98.2 Å². The molecule has 0 aliphatic heterocycles. The minimum absolute atomic E-state index is 0.00704. The highest BCUT2D eigenvalue weighted by atomic mass is 16.2. The third kappa shape index (κ3) is 3.70. The average Bonchev–Trinajstić information content (AvgIpc) is 2.24. The molecule has 0 radical (unpaired) electrons. The molecular formula is C13H25N3O2. The lowest BCUT2D eigenvalue weighted by molar-refractivity contribution is -0.132. The van der Waals surface area contributed by atoms with Crippen LogP contribution >= 0.6 is 0 Å². The van der Waals surface area contributed by atoms with Gasteiger partial charge in [0, 0.05) is 12.0 Å². The molecule has 1 saturated carbocycles. The standard InChI is InChI=1S/C13H25N3O2/c1-7(2)11(12(15)17)16-13(18)10-5-4-9(14)6-8(10)3/h7-11H,4-6,14H2,1-3H3,(H2,15,17)(H,16,18). The van der Waals surface area contributed by atoms with Crippen molar-refractivity contribution in [3.05, 3.63) is 0 Å². The van der Waals surface area contributed by atoms with Crippen molar-refractivity contribution >= 4 is 11.8 Å². The van der Waals surface area contributed by atoms with Gasteiger partial charge in [-0.3, -0.25) is 9.59 Å². The van der Waals surface area contributed by atoms with Crippen LogP contribution in [0.3, 0.4) is 0 Å². The second-order valence-electron chi connectivity index (χ2n) is 5.79. The molecule has 0 aromatic carbocycles. The van der Waals surface area contributed by atoms with Crippen molar-refractivity contribution in [3.8, 4) is 0 Å². The van der Waals surface area contributed by atoms with E-state index in [1.165, 1.54) is 0 Å². The molecule has 1 aliphatic carbocycles. The largest absolute Gasteiger partial charge is 0.368 e. The fourth-order valence-electron chi connectivity index (χ4n) is 2.65. The number of amides is 2. The summed E-state index contributed by atoms with van der Waals surface area (Å²) in [6.45, 7) is 5.78. The Hall–Kier alpha value is -1.10. The van der Waals surface area contributed by atoms with Crippen molar-refractivity contribution in [1.82, 2.24) is 5.32 Å². The van der Waals surface area contributed by atoms with E-state index in [1.807, 2.05) is 20.8 Å². The van der Waals surface area contributed by atoms with Gasteiger partial charge in [0.25, 0.3) is 0 Å². The summed E-state index contributed by atoms with van der Waals surface area (Å²) in [7, 11) is 0. The summed E-state index contributed by atoms with van der Waals surface area (Å²) >= 11 is 0. The minimum Gasteiger partial charge on any atom is -0.368 e. The predicted octanol–water partition coefficient (Wildman–Crippen LogP) is 0.376. The Kier molecular flexibility index (Phi) is 5.14. The van der Waals surface area contributed by atoms with E-state index in [0.717, 1.165) is 19.3 Å². The van der Waals surface area contributed by atoms with E-state index in [0.29, 0.717) is 0 Å². The van der Waals surface area contributed by atoms with Crippen LogP contribution in [0, 0.1) is 17.8 Å². The number of hydrogen-bond donors (Lipinski definition) is 3. The van der Waals surface area contributed by atoms with Crippen molar-refractivity contribution in [2.24, 2.45) is 29.2 Å². The molecule has 0 spiro atoms. The molecule has 5 heteroatoms. The van der Waals surface area contributed by atoms with Gasteiger partial charge in [-0.15, -0.1) is 0 Å². The average molecular weight is 255 g/mol. The Morgan fingerprint density at radius 3 is 2.33 bits per heavy atom. The molecule has 0 aromatic rings. The zero-order valence-corrected chi connectivity index (χ0v) is 11.5. The molecule has 5 nitrogen and oxygen atoms in total. The maximum atomic E-state index is 12.2. The number of carbonyl (C=O) groups is 2. The second kappa shape index (κ2) is 6.18. The van der Waals surface area contributed by atoms with Gasteiger partial charge in [0.15, 0.2) is 0 Å². The summed E-state index contributed by atoms with van der Waals surface area (Å²) in [6, 6.07) is -0.388.